The standard InChI is InChI=1S/C13H24N4S2/c1-10(9-14-11-7-5-4-6-8-11)18-13-16-15-12(19-13)17(2)3/h10-11,14H,4-9H2,1-3H3. The molecule has 1 unspecified atom stereocenters. The Bertz CT molecular complexity index is 374. The molecular formula is C13H24N4S2. The number of rotatable bonds is 6. The second-order valence-corrected chi connectivity index (χ2v) is 8.06. The quantitative estimate of drug-likeness (QED) is 0.818. The lowest BCUT2D eigenvalue weighted by atomic mass is 9.95. The molecule has 0 radical (unpaired) electrons. The van der Waals surface area contributed by atoms with Crippen LogP contribution >= 0.6 is 23.1 Å². The first-order valence-electron chi connectivity index (χ1n) is 7.06. The van der Waals surface area contributed by atoms with Crippen molar-refractivity contribution in [3.8, 4) is 0 Å². The van der Waals surface area contributed by atoms with Crippen molar-refractivity contribution in [3.63, 3.8) is 0 Å². The van der Waals surface area contributed by atoms with Gasteiger partial charge in [-0.05, 0) is 12.8 Å². The van der Waals surface area contributed by atoms with Crippen molar-refractivity contribution in [1.82, 2.24) is 15.5 Å². The third-order valence-corrected chi connectivity index (χ3v) is 5.66. The van der Waals surface area contributed by atoms with Crippen LogP contribution in [-0.2, 0) is 0 Å². The maximum atomic E-state index is 4.23. The Labute approximate surface area is 124 Å². The zero-order valence-corrected chi connectivity index (χ0v) is 13.7. The van der Waals surface area contributed by atoms with Crippen molar-refractivity contribution in [2.75, 3.05) is 25.5 Å². The number of anilines is 1. The number of hydrogen-bond acceptors (Lipinski definition) is 6. The molecule has 0 aliphatic heterocycles. The Kier molecular flexibility index (Phi) is 5.91. The average molecular weight is 300 g/mol. The Morgan fingerprint density at radius 3 is 2.68 bits per heavy atom. The lowest BCUT2D eigenvalue weighted by Crippen LogP contribution is -2.35. The molecule has 0 saturated heterocycles. The van der Waals surface area contributed by atoms with Gasteiger partial charge in [-0.15, -0.1) is 10.2 Å². The van der Waals surface area contributed by atoms with Gasteiger partial charge in [-0.25, -0.2) is 0 Å². The number of aromatic nitrogens is 2. The van der Waals surface area contributed by atoms with Gasteiger partial charge >= 0.3 is 0 Å². The molecule has 0 aromatic carbocycles. The van der Waals surface area contributed by atoms with Crippen molar-refractivity contribution in [2.24, 2.45) is 0 Å². The predicted octanol–water partition coefficient (Wildman–Crippen LogP) is 3.01. The maximum Gasteiger partial charge on any atom is 0.208 e. The van der Waals surface area contributed by atoms with Gasteiger partial charge in [-0.1, -0.05) is 49.3 Å². The molecule has 108 valence electrons. The molecule has 1 aromatic heterocycles. The SMILES string of the molecule is CC(CNC1CCCCC1)Sc1nnc(N(C)C)s1. The van der Waals surface area contributed by atoms with Crippen LogP contribution in [0.2, 0.25) is 0 Å². The van der Waals surface area contributed by atoms with Gasteiger partial charge in [0.2, 0.25) is 5.13 Å². The summed E-state index contributed by atoms with van der Waals surface area (Å²) >= 11 is 3.50. The molecule has 1 heterocycles. The summed E-state index contributed by atoms with van der Waals surface area (Å²) in [6, 6.07) is 0.739. The van der Waals surface area contributed by atoms with Crippen LogP contribution in [0, 0.1) is 0 Å². The first-order chi connectivity index (χ1) is 9.15. The number of thioether (sulfide) groups is 1. The molecule has 0 bridgehead atoms. The van der Waals surface area contributed by atoms with Crippen molar-refractivity contribution < 1.29 is 0 Å². The van der Waals surface area contributed by atoms with Crippen LogP contribution in [0.1, 0.15) is 39.0 Å². The number of hydrogen-bond donors (Lipinski definition) is 1. The summed E-state index contributed by atoms with van der Waals surface area (Å²) in [7, 11) is 4.01. The van der Waals surface area contributed by atoms with E-state index in [1.54, 1.807) is 11.3 Å². The summed E-state index contributed by atoms with van der Waals surface area (Å²) in [4.78, 5) is 2.01. The highest BCUT2D eigenvalue weighted by Gasteiger charge is 2.15. The van der Waals surface area contributed by atoms with E-state index in [-0.39, 0.29) is 0 Å². The smallest absolute Gasteiger partial charge is 0.208 e. The zero-order valence-electron chi connectivity index (χ0n) is 12.1. The Morgan fingerprint density at radius 2 is 2.05 bits per heavy atom. The van der Waals surface area contributed by atoms with Crippen LogP contribution in [-0.4, -0.2) is 42.1 Å². The monoisotopic (exact) mass is 300 g/mol. The molecule has 0 spiro atoms. The molecule has 1 aromatic rings. The minimum Gasteiger partial charge on any atom is -0.353 e. The second-order valence-electron chi connectivity index (χ2n) is 5.42. The topological polar surface area (TPSA) is 41.1 Å². The molecular weight excluding hydrogens is 276 g/mol. The summed E-state index contributed by atoms with van der Waals surface area (Å²) in [6.07, 6.45) is 6.89. The van der Waals surface area contributed by atoms with Gasteiger partial charge in [0.15, 0.2) is 4.34 Å². The van der Waals surface area contributed by atoms with Crippen LogP contribution in [0.15, 0.2) is 4.34 Å². The fraction of sp³-hybridized carbons (Fsp3) is 0.846. The molecule has 19 heavy (non-hydrogen) atoms. The Hall–Kier alpha value is -0.330. The highest BCUT2D eigenvalue weighted by atomic mass is 32.2. The summed E-state index contributed by atoms with van der Waals surface area (Å²) in [6.45, 7) is 3.32. The van der Waals surface area contributed by atoms with Gasteiger partial charge < -0.3 is 10.2 Å². The van der Waals surface area contributed by atoms with Crippen molar-refractivity contribution in [1.29, 1.82) is 0 Å². The van der Waals surface area contributed by atoms with E-state index in [4.69, 9.17) is 0 Å². The summed E-state index contributed by atoms with van der Waals surface area (Å²) < 4.78 is 1.07. The highest BCUT2D eigenvalue weighted by molar-refractivity contribution is 8.01. The van der Waals surface area contributed by atoms with Gasteiger partial charge in [0.05, 0.1) is 0 Å². The minimum absolute atomic E-state index is 0.546. The second kappa shape index (κ2) is 7.45. The van der Waals surface area contributed by atoms with E-state index in [1.807, 2.05) is 30.8 Å². The molecule has 6 heteroatoms. The van der Waals surface area contributed by atoms with Gasteiger partial charge in [0, 0.05) is 31.9 Å². The van der Waals surface area contributed by atoms with E-state index in [0.29, 0.717) is 5.25 Å². The van der Waals surface area contributed by atoms with Crippen molar-refractivity contribution >= 4 is 28.2 Å². The van der Waals surface area contributed by atoms with Crippen LogP contribution in [0.3, 0.4) is 0 Å². The molecule has 1 aliphatic carbocycles. The molecule has 0 amide bonds. The summed E-state index contributed by atoms with van der Waals surface area (Å²) in [5.41, 5.74) is 0. The largest absolute Gasteiger partial charge is 0.353 e. The molecule has 2 rings (SSSR count). The molecule has 4 nitrogen and oxygen atoms in total. The molecule has 1 aliphatic rings. The van der Waals surface area contributed by atoms with E-state index in [9.17, 15) is 0 Å². The van der Waals surface area contributed by atoms with Gasteiger partial charge in [-0.2, -0.15) is 0 Å². The first kappa shape index (κ1) is 15.1. The minimum atomic E-state index is 0.546. The fourth-order valence-corrected chi connectivity index (χ4v) is 4.31. The molecule has 1 N–H and O–H groups in total. The number of nitrogens with zero attached hydrogens (tertiary/aromatic N) is 3. The predicted molar refractivity (Wildman–Crippen MR) is 84.4 cm³/mol. The maximum absolute atomic E-state index is 4.23. The van der Waals surface area contributed by atoms with Crippen molar-refractivity contribution in [3.05, 3.63) is 0 Å². The van der Waals surface area contributed by atoms with E-state index in [1.165, 1.54) is 32.1 Å². The van der Waals surface area contributed by atoms with Gasteiger partial charge in [0.25, 0.3) is 0 Å². The van der Waals surface area contributed by atoms with Crippen LogP contribution < -0.4 is 10.2 Å². The van der Waals surface area contributed by atoms with E-state index < -0.39 is 0 Å². The normalized spacial score (nSPS) is 18.5. The Balaban J connectivity index is 1.72. The highest BCUT2D eigenvalue weighted by Crippen LogP contribution is 2.29. The summed E-state index contributed by atoms with van der Waals surface area (Å²) in [5, 5.41) is 13.6. The molecule has 1 fully saturated rings. The third-order valence-electron chi connectivity index (χ3n) is 3.38. The van der Waals surface area contributed by atoms with E-state index in [0.717, 1.165) is 22.1 Å². The van der Waals surface area contributed by atoms with E-state index in [2.05, 4.69) is 22.4 Å². The average Bonchev–Trinajstić information content (AvgIpc) is 2.86. The first-order valence-corrected chi connectivity index (χ1v) is 8.75. The van der Waals surface area contributed by atoms with Crippen LogP contribution in [0.4, 0.5) is 5.13 Å². The van der Waals surface area contributed by atoms with E-state index >= 15 is 0 Å². The summed E-state index contributed by atoms with van der Waals surface area (Å²) in [5.74, 6) is 0. The number of nitrogens with one attached hydrogen (secondary N) is 1. The van der Waals surface area contributed by atoms with Gasteiger partial charge in [-0.3, -0.25) is 0 Å². The lowest BCUT2D eigenvalue weighted by molar-refractivity contribution is 0.375. The fourth-order valence-electron chi connectivity index (χ4n) is 2.28. The lowest BCUT2D eigenvalue weighted by Gasteiger charge is -2.24. The van der Waals surface area contributed by atoms with Crippen LogP contribution in [0.25, 0.3) is 0 Å². The molecule has 1 atom stereocenters. The van der Waals surface area contributed by atoms with Gasteiger partial charge in [0.1, 0.15) is 0 Å². The van der Waals surface area contributed by atoms with Crippen LogP contribution in [0.5, 0.6) is 0 Å². The third kappa shape index (κ3) is 4.93. The molecule has 1 saturated carbocycles. The van der Waals surface area contributed by atoms with Crippen molar-refractivity contribution in [2.45, 2.75) is 54.7 Å². The zero-order chi connectivity index (χ0) is 13.7. The Morgan fingerprint density at radius 1 is 1.32 bits per heavy atom.